The standard InChI is InChI=1S/C18H13N11O.Pt/c19-8-13-10-30-11-16(13)28(17-20-12-27(24-17)14-4-2-1-3-5-14)18-23-26-29(25-18)15-6-7-21-22-9-15;/h1-4,7,9-12H,8,19H2;/q-2;+2. The predicted molar refractivity (Wildman–Crippen MR) is 102 cm³/mol. The van der Waals surface area contributed by atoms with Crippen LogP contribution in [0.15, 0.2) is 59.9 Å². The van der Waals surface area contributed by atoms with E-state index in [9.17, 15) is 0 Å². The summed E-state index contributed by atoms with van der Waals surface area (Å²) in [4.78, 5) is 7.29. The summed E-state index contributed by atoms with van der Waals surface area (Å²) >= 11 is 0. The van der Waals surface area contributed by atoms with Crippen molar-refractivity contribution in [2.45, 2.75) is 6.54 Å². The normalized spacial score (nSPS) is 10.6. The van der Waals surface area contributed by atoms with Gasteiger partial charge in [0.1, 0.15) is 12.6 Å². The van der Waals surface area contributed by atoms with Gasteiger partial charge in [-0.25, -0.2) is 9.58 Å². The molecule has 4 heterocycles. The number of para-hydroxylation sites is 1. The molecule has 0 atom stereocenters. The van der Waals surface area contributed by atoms with Crippen LogP contribution in [0.1, 0.15) is 5.56 Å². The summed E-state index contributed by atoms with van der Waals surface area (Å²) in [6.07, 6.45) is 7.53. The fourth-order valence-electron chi connectivity index (χ4n) is 2.73. The van der Waals surface area contributed by atoms with Gasteiger partial charge in [0.05, 0.1) is 12.0 Å². The van der Waals surface area contributed by atoms with Crippen molar-refractivity contribution in [1.29, 1.82) is 0 Å². The molecule has 0 aliphatic rings. The number of anilines is 3. The summed E-state index contributed by atoms with van der Waals surface area (Å²) in [6, 6.07) is 13.4. The number of hydrogen-bond donors (Lipinski definition) is 1. The zero-order valence-corrected chi connectivity index (χ0v) is 17.9. The van der Waals surface area contributed by atoms with Gasteiger partial charge in [-0.1, -0.05) is 17.0 Å². The molecule has 0 bridgehead atoms. The third kappa shape index (κ3) is 3.98. The predicted octanol–water partition coefficient (Wildman–Crippen LogP) is 1.15. The number of benzene rings is 1. The Labute approximate surface area is 190 Å². The van der Waals surface area contributed by atoms with Crippen LogP contribution < -0.4 is 10.6 Å². The topological polar surface area (TPSA) is 142 Å². The number of nitrogens with two attached hydrogens (primary N) is 1. The van der Waals surface area contributed by atoms with Gasteiger partial charge in [-0.3, -0.25) is 5.10 Å². The van der Waals surface area contributed by atoms with Crippen LogP contribution in [-0.2, 0) is 27.6 Å². The molecule has 0 unspecified atom stereocenters. The minimum Gasteiger partial charge on any atom is -0.470 e. The quantitative estimate of drug-likeness (QED) is 0.285. The van der Waals surface area contributed by atoms with E-state index in [-0.39, 0.29) is 33.6 Å². The molecule has 13 heteroatoms. The molecule has 156 valence electrons. The summed E-state index contributed by atoms with van der Waals surface area (Å²) in [5.74, 6) is 0.519. The van der Waals surface area contributed by atoms with Gasteiger partial charge in [0.2, 0.25) is 0 Å². The number of furan rings is 1. The van der Waals surface area contributed by atoms with Crippen molar-refractivity contribution in [3.05, 3.63) is 73.2 Å². The molecule has 2 N–H and O–H groups in total. The molecule has 4 aromatic heterocycles. The van der Waals surface area contributed by atoms with Gasteiger partial charge < -0.3 is 10.2 Å². The second kappa shape index (κ2) is 8.94. The largest absolute Gasteiger partial charge is 2.00 e. The van der Waals surface area contributed by atoms with E-state index in [1.165, 1.54) is 23.5 Å². The third-order valence-corrected chi connectivity index (χ3v) is 4.13. The Morgan fingerprint density at radius 2 is 2.00 bits per heavy atom. The van der Waals surface area contributed by atoms with Crippen molar-refractivity contribution in [2.24, 2.45) is 5.73 Å². The van der Waals surface area contributed by atoms with Gasteiger partial charge in [0.25, 0.3) is 11.9 Å². The maximum absolute atomic E-state index is 5.86. The van der Waals surface area contributed by atoms with Crippen LogP contribution in [0.5, 0.6) is 0 Å². The first-order valence-electron chi connectivity index (χ1n) is 8.76. The number of rotatable bonds is 6. The zero-order valence-electron chi connectivity index (χ0n) is 15.7. The van der Waals surface area contributed by atoms with Crippen LogP contribution in [0.3, 0.4) is 0 Å². The zero-order chi connectivity index (χ0) is 20.3. The van der Waals surface area contributed by atoms with E-state index >= 15 is 0 Å². The molecule has 0 saturated carbocycles. The van der Waals surface area contributed by atoms with Crippen LogP contribution in [0.25, 0.3) is 11.4 Å². The summed E-state index contributed by atoms with van der Waals surface area (Å²) in [5, 5.41) is 24.7. The molecule has 0 aliphatic heterocycles. The first kappa shape index (κ1) is 20.5. The fraction of sp³-hybridized carbons (Fsp3) is 0.0556. The number of tetrazole rings is 1. The molecule has 31 heavy (non-hydrogen) atoms. The third-order valence-electron chi connectivity index (χ3n) is 4.13. The Morgan fingerprint density at radius 1 is 1.06 bits per heavy atom. The molecule has 5 rings (SSSR count). The van der Waals surface area contributed by atoms with E-state index in [1.54, 1.807) is 28.2 Å². The van der Waals surface area contributed by atoms with Crippen LogP contribution in [-0.4, -0.2) is 45.2 Å². The maximum Gasteiger partial charge on any atom is 2.00 e. The van der Waals surface area contributed by atoms with E-state index in [4.69, 9.17) is 10.2 Å². The Morgan fingerprint density at radius 3 is 2.77 bits per heavy atom. The van der Waals surface area contributed by atoms with E-state index in [0.717, 1.165) is 11.3 Å². The van der Waals surface area contributed by atoms with Crippen molar-refractivity contribution >= 4 is 17.6 Å². The molecule has 0 aliphatic carbocycles. The van der Waals surface area contributed by atoms with Crippen molar-refractivity contribution in [2.75, 3.05) is 4.90 Å². The molecule has 1 aromatic carbocycles. The van der Waals surface area contributed by atoms with Gasteiger partial charge >= 0.3 is 21.1 Å². The average molecular weight is 594 g/mol. The summed E-state index contributed by atoms with van der Waals surface area (Å²) in [6.45, 7) is 0.242. The average Bonchev–Trinajstić information content (AvgIpc) is 3.57. The number of nitrogens with zero attached hydrogens (tertiary/aromatic N) is 10. The maximum atomic E-state index is 5.86. The van der Waals surface area contributed by atoms with Crippen LogP contribution in [0.2, 0.25) is 0 Å². The Bertz CT molecular complexity index is 1170. The van der Waals surface area contributed by atoms with Gasteiger partial charge in [-0.2, -0.15) is 45.2 Å². The molecule has 0 amide bonds. The Hall–Kier alpha value is -3.76. The summed E-state index contributed by atoms with van der Waals surface area (Å²) in [7, 11) is 0. The van der Waals surface area contributed by atoms with Crippen molar-refractivity contribution in [3.63, 3.8) is 0 Å². The van der Waals surface area contributed by atoms with Crippen LogP contribution in [0.4, 0.5) is 17.6 Å². The number of hydrogen-bond acceptors (Lipinski definition) is 10. The Kier molecular flexibility index (Phi) is 5.91. The van der Waals surface area contributed by atoms with E-state index in [0.29, 0.717) is 17.3 Å². The number of aromatic nitrogens is 9. The summed E-state index contributed by atoms with van der Waals surface area (Å²) < 4.78 is 6.94. The Balaban J connectivity index is 0.00000231. The first-order chi connectivity index (χ1) is 14.8. The SMILES string of the molecule is NCc1cocc1N(c1ncn(-c2[c-]cccc2)n1)c1nnn(-c2[c-]cnnc2)n1.[Pt+2]. The molecule has 0 spiro atoms. The minimum atomic E-state index is 0. The van der Waals surface area contributed by atoms with E-state index in [1.807, 2.05) is 18.2 Å². The monoisotopic (exact) mass is 594 g/mol. The van der Waals surface area contributed by atoms with Crippen molar-refractivity contribution < 1.29 is 25.5 Å². The van der Waals surface area contributed by atoms with Gasteiger partial charge in [0, 0.05) is 12.1 Å². The second-order valence-electron chi connectivity index (χ2n) is 5.96. The molecule has 0 saturated heterocycles. The van der Waals surface area contributed by atoms with Gasteiger partial charge in [-0.05, 0) is 17.1 Å². The molecule has 0 radical (unpaired) electrons. The molecular weight excluding hydrogens is 581 g/mol. The smallest absolute Gasteiger partial charge is 0.470 e. The van der Waals surface area contributed by atoms with Crippen LogP contribution >= 0.6 is 0 Å². The molecule has 5 aromatic rings. The first-order valence-corrected chi connectivity index (χ1v) is 8.76. The van der Waals surface area contributed by atoms with Gasteiger partial charge in [-0.15, -0.1) is 16.3 Å². The van der Waals surface area contributed by atoms with Crippen molar-refractivity contribution in [3.8, 4) is 11.4 Å². The molecule has 0 fully saturated rings. The molecule has 12 nitrogen and oxygen atoms in total. The van der Waals surface area contributed by atoms with Gasteiger partial charge in [0.15, 0.2) is 0 Å². The van der Waals surface area contributed by atoms with Crippen molar-refractivity contribution in [1.82, 2.24) is 45.2 Å². The summed E-state index contributed by atoms with van der Waals surface area (Å²) in [5.41, 5.74) is 8.40. The van der Waals surface area contributed by atoms with Crippen LogP contribution in [0, 0.1) is 12.1 Å². The molecular formula is C18H13N11OPt. The second-order valence-corrected chi connectivity index (χ2v) is 5.96. The van der Waals surface area contributed by atoms with E-state index < -0.39 is 0 Å². The van der Waals surface area contributed by atoms with E-state index in [2.05, 4.69) is 47.8 Å². The fourth-order valence-corrected chi connectivity index (χ4v) is 2.73. The minimum absolute atomic E-state index is 0.